The van der Waals surface area contributed by atoms with E-state index in [1.807, 2.05) is 0 Å². The second kappa shape index (κ2) is 3.79. The second-order valence-electron chi connectivity index (χ2n) is 3.68. The van der Waals surface area contributed by atoms with Gasteiger partial charge in [-0.1, -0.05) is 0 Å². The van der Waals surface area contributed by atoms with Gasteiger partial charge in [-0.15, -0.1) is 0 Å². The molecule has 0 aliphatic heterocycles. The van der Waals surface area contributed by atoms with E-state index >= 15 is 0 Å². The van der Waals surface area contributed by atoms with Crippen LogP contribution < -0.4 is 16.6 Å². The predicted octanol–water partition coefficient (Wildman–Crippen LogP) is 0.0616. The molecule has 0 radical (unpaired) electrons. The van der Waals surface area contributed by atoms with Crippen LogP contribution >= 0.6 is 0 Å². The third-order valence-corrected chi connectivity index (χ3v) is 2.52. The predicted molar refractivity (Wildman–Crippen MR) is 54.1 cm³/mol. The smallest absolute Gasteiger partial charge is 0.290 e. The number of nitrogens with one attached hydrogen (secondary N) is 2. The zero-order valence-electron chi connectivity index (χ0n) is 7.86. The maximum absolute atomic E-state index is 11.3. The Morgan fingerprint density at radius 1 is 1.57 bits per heavy atom. The summed E-state index contributed by atoms with van der Waals surface area (Å²) in [4.78, 5) is 17.8. The normalized spacial score (nSPS) is 26.4. The van der Waals surface area contributed by atoms with Gasteiger partial charge in [0.25, 0.3) is 5.56 Å². The lowest BCUT2D eigenvalue weighted by Crippen LogP contribution is -2.25. The molecule has 1 aromatic rings. The van der Waals surface area contributed by atoms with Crippen molar-refractivity contribution >= 4 is 5.82 Å². The van der Waals surface area contributed by atoms with Gasteiger partial charge in [0, 0.05) is 24.5 Å². The summed E-state index contributed by atoms with van der Waals surface area (Å²) in [6.07, 6.45) is 6.03. The number of aromatic nitrogens is 2. The summed E-state index contributed by atoms with van der Waals surface area (Å²) in [5, 5.41) is 3.10. The Morgan fingerprint density at radius 3 is 3.07 bits per heavy atom. The van der Waals surface area contributed by atoms with Crippen molar-refractivity contribution in [2.75, 3.05) is 5.32 Å². The Labute approximate surface area is 81.7 Å². The van der Waals surface area contributed by atoms with Gasteiger partial charge < -0.3 is 16.0 Å². The summed E-state index contributed by atoms with van der Waals surface area (Å²) < 4.78 is 0. The zero-order valence-corrected chi connectivity index (χ0v) is 7.86. The minimum absolute atomic E-state index is 0.173. The van der Waals surface area contributed by atoms with Crippen molar-refractivity contribution in [1.82, 2.24) is 9.97 Å². The fourth-order valence-corrected chi connectivity index (χ4v) is 1.80. The molecule has 1 heterocycles. The quantitative estimate of drug-likeness (QED) is 0.621. The average Bonchev–Trinajstić information content (AvgIpc) is 2.56. The van der Waals surface area contributed by atoms with Crippen LogP contribution in [-0.4, -0.2) is 22.1 Å². The van der Waals surface area contributed by atoms with Gasteiger partial charge in [0.15, 0.2) is 5.82 Å². The lowest BCUT2D eigenvalue weighted by molar-refractivity contribution is 0.686. The van der Waals surface area contributed by atoms with Crippen molar-refractivity contribution in [2.24, 2.45) is 5.73 Å². The van der Waals surface area contributed by atoms with Crippen molar-refractivity contribution in [2.45, 2.75) is 31.3 Å². The number of nitrogens with two attached hydrogens (primary N) is 1. The van der Waals surface area contributed by atoms with E-state index in [2.05, 4.69) is 15.3 Å². The first-order chi connectivity index (χ1) is 6.75. The highest BCUT2D eigenvalue weighted by Crippen LogP contribution is 2.19. The second-order valence-corrected chi connectivity index (χ2v) is 3.68. The third kappa shape index (κ3) is 1.93. The van der Waals surface area contributed by atoms with Gasteiger partial charge in [0.05, 0.1) is 0 Å². The molecule has 1 saturated carbocycles. The van der Waals surface area contributed by atoms with Crippen LogP contribution in [0.3, 0.4) is 0 Å². The highest BCUT2D eigenvalue weighted by Gasteiger charge is 2.22. The first-order valence-electron chi connectivity index (χ1n) is 4.81. The molecule has 2 unspecified atom stereocenters. The van der Waals surface area contributed by atoms with E-state index in [0.29, 0.717) is 11.9 Å². The van der Waals surface area contributed by atoms with Crippen LogP contribution in [-0.2, 0) is 0 Å². The molecule has 5 heteroatoms. The van der Waals surface area contributed by atoms with Crippen LogP contribution in [0.4, 0.5) is 5.82 Å². The molecule has 0 aromatic carbocycles. The molecule has 5 nitrogen and oxygen atoms in total. The molecule has 1 aromatic heterocycles. The van der Waals surface area contributed by atoms with E-state index < -0.39 is 0 Å². The molecule has 0 spiro atoms. The van der Waals surface area contributed by atoms with Crippen LogP contribution in [0.5, 0.6) is 0 Å². The summed E-state index contributed by atoms with van der Waals surface area (Å²) in [6, 6.07) is 0.552. The molecule has 76 valence electrons. The molecule has 14 heavy (non-hydrogen) atoms. The highest BCUT2D eigenvalue weighted by molar-refractivity contribution is 5.32. The van der Waals surface area contributed by atoms with Gasteiger partial charge in [0.1, 0.15) is 0 Å². The van der Waals surface area contributed by atoms with E-state index in [1.54, 1.807) is 6.20 Å². The molecule has 1 fully saturated rings. The molecule has 1 aliphatic carbocycles. The number of hydrogen-bond acceptors (Lipinski definition) is 4. The molecule has 4 N–H and O–H groups in total. The minimum atomic E-state index is -0.173. The number of aromatic amines is 1. The summed E-state index contributed by atoms with van der Waals surface area (Å²) in [6.45, 7) is 0. The van der Waals surface area contributed by atoms with Gasteiger partial charge in [0.2, 0.25) is 0 Å². The first kappa shape index (κ1) is 9.21. The monoisotopic (exact) mass is 194 g/mol. The number of rotatable bonds is 2. The standard InChI is InChI=1S/C9H14N4O/c10-6-1-2-7(5-6)13-8-9(14)12-4-3-11-8/h3-4,6-7H,1-2,5,10H2,(H,11,13)(H,12,14). The van der Waals surface area contributed by atoms with Gasteiger partial charge in [-0.2, -0.15) is 0 Å². The molecule has 0 amide bonds. The third-order valence-electron chi connectivity index (χ3n) is 2.52. The molecule has 0 bridgehead atoms. The zero-order chi connectivity index (χ0) is 9.97. The van der Waals surface area contributed by atoms with Crippen LogP contribution in [0, 0.1) is 0 Å². The minimum Gasteiger partial charge on any atom is -0.363 e. The van der Waals surface area contributed by atoms with Gasteiger partial charge in [-0.25, -0.2) is 4.98 Å². The molecule has 1 aliphatic rings. The van der Waals surface area contributed by atoms with E-state index in [-0.39, 0.29) is 11.6 Å². The van der Waals surface area contributed by atoms with Crippen molar-refractivity contribution in [3.63, 3.8) is 0 Å². The average molecular weight is 194 g/mol. The van der Waals surface area contributed by atoms with Crippen molar-refractivity contribution in [1.29, 1.82) is 0 Å². The Hall–Kier alpha value is -1.36. The van der Waals surface area contributed by atoms with Gasteiger partial charge in [-0.05, 0) is 19.3 Å². The fourth-order valence-electron chi connectivity index (χ4n) is 1.80. The first-order valence-corrected chi connectivity index (χ1v) is 4.81. The van der Waals surface area contributed by atoms with E-state index in [4.69, 9.17) is 5.73 Å². The Kier molecular flexibility index (Phi) is 2.49. The highest BCUT2D eigenvalue weighted by atomic mass is 16.1. The van der Waals surface area contributed by atoms with E-state index in [0.717, 1.165) is 19.3 Å². The Morgan fingerprint density at radius 2 is 2.43 bits per heavy atom. The van der Waals surface area contributed by atoms with Crippen molar-refractivity contribution in [3.05, 3.63) is 22.7 Å². The number of H-pyrrole nitrogens is 1. The van der Waals surface area contributed by atoms with Crippen molar-refractivity contribution in [3.8, 4) is 0 Å². The summed E-state index contributed by atoms with van der Waals surface area (Å²) in [5.41, 5.74) is 5.60. The summed E-state index contributed by atoms with van der Waals surface area (Å²) in [7, 11) is 0. The number of anilines is 1. The molecular weight excluding hydrogens is 180 g/mol. The lowest BCUT2D eigenvalue weighted by atomic mass is 10.2. The summed E-state index contributed by atoms with van der Waals surface area (Å²) in [5.74, 6) is 0.395. The molecule has 2 rings (SSSR count). The van der Waals surface area contributed by atoms with E-state index in [1.165, 1.54) is 6.20 Å². The van der Waals surface area contributed by atoms with Crippen LogP contribution in [0.1, 0.15) is 19.3 Å². The Bertz CT molecular complexity index is 362. The number of hydrogen-bond donors (Lipinski definition) is 3. The van der Waals surface area contributed by atoms with Crippen LogP contribution in [0.15, 0.2) is 17.2 Å². The van der Waals surface area contributed by atoms with Crippen LogP contribution in [0.2, 0.25) is 0 Å². The van der Waals surface area contributed by atoms with Crippen molar-refractivity contribution < 1.29 is 0 Å². The SMILES string of the molecule is NC1CCC(Nc2ncc[nH]c2=O)C1. The largest absolute Gasteiger partial charge is 0.363 e. The molecule has 0 saturated heterocycles. The lowest BCUT2D eigenvalue weighted by Gasteiger charge is -2.11. The molecule has 2 atom stereocenters. The fraction of sp³-hybridized carbons (Fsp3) is 0.556. The number of nitrogens with zero attached hydrogens (tertiary/aromatic N) is 1. The maximum Gasteiger partial charge on any atom is 0.290 e. The van der Waals surface area contributed by atoms with Crippen LogP contribution in [0.25, 0.3) is 0 Å². The summed E-state index contributed by atoms with van der Waals surface area (Å²) >= 11 is 0. The van der Waals surface area contributed by atoms with Gasteiger partial charge >= 0.3 is 0 Å². The Balaban J connectivity index is 2.04. The molecular formula is C9H14N4O. The van der Waals surface area contributed by atoms with E-state index in [9.17, 15) is 4.79 Å². The topological polar surface area (TPSA) is 83.8 Å². The van der Waals surface area contributed by atoms with Gasteiger partial charge in [-0.3, -0.25) is 4.79 Å². The maximum atomic E-state index is 11.3.